The molecule has 0 aliphatic rings. The maximum absolute atomic E-state index is 11.0. The molecule has 2 aromatic carbocycles. The van der Waals surface area contributed by atoms with Crippen LogP contribution < -0.4 is 14.2 Å². The molecule has 162 valence electrons. The molecule has 0 fully saturated rings. The highest BCUT2D eigenvalue weighted by Gasteiger charge is 2.13. The number of methoxy groups -OCH3 is 3. The van der Waals surface area contributed by atoms with Gasteiger partial charge in [0.25, 0.3) is 0 Å². The number of aromatic nitrogens is 1. The molecule has 1 heterocycles. The van der Waals surface area contributed by atoms with Gasteiger partial charge in [-0.05, 0) is 72.2 Å². The van der Waals surface area contributed by atoms with E-state index in [2.05, 4.69) is 11.1 Å². The molecule has 1 aromatic heterocycles. The zero-order valence-electron chi connectivity index (χ0n) is 18.1. The van der Waals surface area contributed by atoms with Gasteiger partial charge in [-0.2, -0.15) is 0 Å². The van der Waals surface area contributed by atoms with Crippen molar-refractivity contribution < 1.29 is 24.1 Å². The van der Waals surface area contributed by atoms with E-state index in [4.69, 9.17) is 19.3 Å². The molecular formula is C25H27NO5. The first-order valence-corrected chi connectivity index (χ1v) is 10.1. The Kier molecular flexibility index (Phi) is 7.49. The molecule has 3 aromatic rings. The van der Waals surface area contributed by atoms with Gasteiger partial charge in [0.2, 0.25) is 5.75 Å². The van der Waals surface area contributed by atoms with E-state index in [1.54, 1.807) is 33.5 Å². The molecule has 1 N–H and O–H groups in total. The Morgan fingerprint density at radius 2 is 1.26 bits per heavy atom. The fourth-order valence-corrected chi connectivity index (χ4v) is 3.49. The van der Waals surface area contributed by atoms with Crippen LogP contribution in [0, 0.1) is 0 Å². The van der Waals surface area contributed by atoms with E-state index in [0.29, 0.717) is 22.8 Å². The smallest absolute Gasteiger partial charge is 0.335 e. The second kappa shape index (κ2) is 10.5. The number of nitrogens with zero attached hydrogens (tertiary/aromatic N) is 1. The van der Waals surface area contributed by atoms with E-state index in [0.717, 1.165) is 47.9 Å². The molecule has 0 aliphatic heterocycles. The highest BCUT2D eigenvalue weighted by molar-refractivity contribution is 5.87. The minimum Gasteiger partial charge on any atom is -0.493 e. The first-order valence-electron chi connectivity index (χ1n) is 10.1. The number of aromatic carboxylic acids is 1. The summed E-state index contributed by atoms with van der Waals surface area (Å²) in [5, 5.41) is 9.00. The van der Waals surface area contributed by atoms with Crippen molar-refractivity contribution in [2.24, 2.45) is 0 Å². The van der Waals surface area contributed by atoms with Crippen LogP contribution in [0.15, 0.2) is 54.9 Å². The standard InChI is InChI=1S/C25H27NO5/c1-29-22-13-18(14-23(30-2)24(22)31-3)5-7-20-12-19(15-26-16-20)6-4-17-8-10-21(11-9-17)25(27)28/h8-16H,4-7H2,1-3H3,(H,27,28). The maximum atomic E-state index is 11.0. The Labute approximate surface area is 182 Å². The van der Waals surface area contributed by atoms with E-state index in [-0.39, 0.29) is 0 Å². The van der Waals surface area contributed by atoms with Gasteiger partial charge in [0, 0.05) is 12.4 Å². The Balaban J connectivity index is 1.63. The average molecular weight is 421 g/mol. The summed E-state index contributed by atoms with van der Waals surface area (Å²) in [6.07, 6.45) is 7.11. The first-order chi connectivity index (χ1) is 15.0. The summed E-state index contributed by atoms with van der Waals surface area (Å²) in [6, 6.07) is 13.1. The second-order valence-electron chi connectivity index (χ2n) is 7.24. The van der Waals surface area contributed by atoms with Crippen molar-refractivity contribution in [3.05, 3.63) is 82.7 Å². The van der Waals surface area contributed by atoms with Crippen molar-refractivity contribution in [3.63, 3.8) is 0 Å². The van der Waals surface area contributed by atoms with Crippen molar-refractivity contribution in [2.75, 3.05) is 21.3 Å². The third-order valence-electron chi connectivity index (χ3n) is 5.18. The summed E-state index contributed by atoms with van der Waals surface area (Å²) in [4.78, 5) is 15.4. The van der Waals surface area contributed by atoms with Gasteiger partial charge in [-0.3, -0.25) is 4.98 Å². The van der Waals surface area contributed by atoms with E-state index in [1.807, 2.05) is 36.7 Å². The molecule has 0 saturated heterocycles. The first kappa shape index (κ1) is 22.2. The second-order valence-corrected chi connectivity index (χ2v) is 7.24. The average Bonchev–Trinajstić information content (AvgIpc) is 2.81. The lowest BCUT2D eigenvalue weighted by Gasteiger charge is -2.14. The fraction of sp³-hybridized carbons (Fsp3) is 0.280. The topological polar surface area (TPSA) is 77.9 Å². The van der Waals surface area contributed by atoms with Gasteiger partial charge in [0.05, 0.1) is 26.9 Å². The Morgan fingerprint density at radius 1 is 0.742 bits per heavy atom. The molecule has 0 saturated carbocycles. The van der Waals surface area contributed by atoms with Crippen LogP contribution in [0.2, 0.25) is 0 Å². The predicted octanol–water partition coefficient (Wildman–Crippen LogP) is 4.38. The third-order valence-corrected chi connectivity index (χ3v) is 5.18. The highest BCUT2D eigenvalue weighted by Crippen LogP contribution is 2.38. The molecule has 0 bridgehead atoms. The van der Waals surface area contributed by atoms with Gasteiger partial charge in [-0.15, -0.1) is 0 Å². The van der Waals surface area contributed by atoms with Crippen LogP contribution in [-0.4, -0.2) is 37.4 Å². The van der Waals surface area contributed by atoms with Crippen LogP contribution in [-0.2, 0) is 25.7 Å². The number of rotatable bonds is 10. The van der Waals surface area contributed by atoms with Crippen LogP contribution in [0.1, 0.15) is 32.6 Å². The quantitative estimate of drug-likeness (QED) is 0.524. The Hall–Kier alpha value is -3.54. The maximum Gasteiger partial charge on any atom is 0.335 e. The van der Waals surface area contributed by atoms with E-state index >= 15 is 0 Å². The van der Waals surface area contributed by atoms with Crippen molar-refractivity contribution in [3.8, 4) is 17.2 Å². The van der Waals surface area contributed by atoms with Gasteiger partial charge >= 0.3 is 5.97 Å². The molecular weight excluding hydrogens is 394 g/mol. The zero-order chi connectivity index (χ0) is 22.2. The molecule has 6 nitrogen and oxygen atoms in total. The van der Waals surface area contributed by atoms with E-state index < -0.39 is 5.97 Å². The highest BCUT2D eigenvalue weighted by atomic mass is 16.5. The number of carboxylic acid groups (broad SMARTS) is 1. The minimum absolute atomic E-state index is 0.305. The number of benzene rings is 2. The SMILES string of the molecule is COc1cc(CCc2cncc(CCc3ccc(C(=O)O)cc3)c2)cc(OC)c1OC. The molecule has 0 aliphatic carbocycles. The van der Waals surface area contributed by atoms with Crippen molar-refractivity contribution in [1.82, 2.24) is 4.98 Å². The van der Waals surface area contributed by atoms with Crippen LogP contribution in [0.5, 0.6) is 17.2 Å². The van der Waals surface area contributed by atoms with Crippen molar-refractivity contribution in [2.45, 2.75) is 25.7 Å². The number of pyridine rings is 1. The fourth-order valence-electron chi connectivity index (χ4n) is 3.49. The van der Waals surface area contributed by atoms with Gasteiger partial charge < -0.3 is 19.3 Å². The molecule has 6 heteroatoms. The van der Waals surface area contributed by atoms with Gasteiger partial charge in [-0.1, -0.05) is 18.2 Å². The summed E-state index contributed by atoms with van der Waals surface area (Å²) in [7, 11) is 4.82. The van der Waals surface area contributed by atoms with Crippen LogP contribution >= 0.6 is 0 Å². The molecule has 0 spiro atoms. The normalized spacial score (nSPS) is 10.5. The molecule has 31 heavy (non-hydrogen) atoms. The lowest BCUT2D eigenvalue weighted by molar-refractivity contribution is 0.0697. The third kappa shape index (κ3) is 5.75. The number of carboxylic acids is 1. The summed E-state index contributed by atoms with van der Waals surface area (Å²) in [5.74, 6) is 0.986. The largest absolute Gasteiger partial charge is 0.493 e. The van der Waals surface area contributed by atoms with Gasteiger partial charge in [-0.25, -0.2) is 4.79 Å². The number of ether oxygens (including phenoxy) is 3. The summed E-state index contributed by atoms with van der Waals surface area (Å²) >= 11 is 0. The Bertz CT molecular complexity index is 1010. The monoisotopic (exact) mass is 421 g/mol. The van der Waals surface area contributed by atoms with Crippen molar-refractivity contribution >= 4 is 5.97 Å². The summed E-state index contributed by atoms with van der Waals surface area (Å²) in [6.45, 7) is 0. The molecule has 0 amide bonds. The van der Waals surface area contributed by atoms with Crippen molar-refractivity contribution in [1.29, 1.82) is 0 Å². The molecule has 3 rings (SSSR count). The van der Waals surface area contributed by atoms with E-state index in [1.165, 1.54) is 0 Å². The van der Waals surface area contributed by atoms with E-state index in [9.17, 15) is 4.79 Å². The number of aryl methyl sites for hydroxylation is 4. The predicted molar refractivity (Wildman–Crippen MR) is 119 cm³/mol. The van der Waals surface area contributed by atoms with Crippen LogP contribution in [0.4, 0.5) is 0 Å². The summed E-state index contributed by atoms with van der Waals surface area (Å²) < 4.78 is 16.3. The lowest BCUT2D eigenvalue weighted by atomic mass is 10.0. The van der Waals surface area contributed by atoms with Crippen LogP contribution in [0.3, 0.4) is 0 Å². The van der Waals surface area contributed by atoms with Crippen LogP contribution in [0.25, 0.3) is 0 Å². The lowest BCUT2D eigenvalue weighted by Crippen LogP contribution is -2.00. The number of hydrogen-bond acceptors (Lipinski definition) is 5. The molecule has 0 unspecified atom stereocenters. The molecule has 0 atom stereocenters. The zero-order valence-corrected chi connectivity index (χ0v) is 18.1. The van der Waals surface area contributed by atoms with Gasteiger partial charge in [0.15, 0.2) is 11.5 Å². The number of hydrogen-bond donors (Lipinski definition) is 1. The summed E-state index contributed by atoms with van der Waals surface area (Å²) in [5.41, 5.74) is 4.82. The molecule has 0 radical (unpaired) electrons. The Morgan fingerprint density at radius 3 is 1.74 bits per heavy atom. The number of carbonyl (C=O) groups is 1. The minimum atomic E-state index is -0.907. The van der Waals surface area contributed by atoms with Gasteiger partial charge in [0.1, 0.15) is 0 Å².